The summed E-state index contributed by atoms with van der Waals surface area (Å²) in [5, 5.41) is 1.32. The van der Waals surface area contributed by atoms with Gasteiger partial charge in [-0.15, -0.1) is 0 Å². The minimum atomic E-state index is 0.755. The van der Waals surface area contributed by atoms with E-state index in [0.29, 0.717) is 0 Å². The van der Waals surface area contributed by atoms with E-state index < -0.39 is 0 Å². The van der Waals surface area contributed by atoms with E-state index in [1.54, 1.807) is 0 Å². The van der Waals surface area contributed by atoms with Gasteiger partial charge in [-0.25, -0.2) is 0 Å². The molecule has 0 radical (unpaired) electrons. The fraction of sp³-hybridized carbons (Fsp3) is 0.600. The topological polar surface area (TPSA) is 0 Å². The van der Waals surface area contributed by atoms with Gasteiger partial charge in [-0.2, -0.15) is 0 Å². The second kappa shape index (κ2) is 6.78. The predicted octanol–water partition coefficient (Wildman–Crippen LogP) is 1.42. The molecule has 0 aliphatic heterocycles. The average Bonchev–Trinajstić information content (AvgIpc) is 1.69. The monoisotopic (exact) mass is 230 g/mol. The zero-order valence-corrected chi connectivity index (χ0v) is 8.10. The third-order valence-electron chi connectivity index (χ3n) is 0.495. The summed E-state index contributed by atoms with van der Waals surface area (Å²) in [5.74, 6) is 4.49. The zero-order chi connectivity index (χ0) is 5.54. The molecule has 0 aromatic heterocycles. The molecule has 0 saturated carbocycles. The summed E-state index contributed by atoms with van der Waals surface area (Å²) in [7, 11) is 0. The van der Waals surface area contributed by atoms with E-state index in [2.05, 4.69) is 22.7 Å². The fourth-order valence-electron chi connectivity index (χ4n) is 0.232. The van der Waals surface area contributed by atoms with Crippen molar-refractivity contribution in [3.8, 4) is 0 Å². The Balaban J connectivity index is 2.78. The van der Waals surface area contributed by atoms with Gasteiger partial charge in [0.05, 0.1) is 0 Å². The summed E-state index contributed by atoms with van der Waals surface area (Å²) < 4.78 is 0. The van der Waals surface area contributed by atoms with Gasteiger partial charge in [-0.1, -0.05) is 0 Å². The third kappa shape index (κ3) is 6.78. The average molecular weight is 228 g/mol. The molecule has 0 heterocycles. The van der Waals surface area contributed by atoms with Crippen LogP contribution in [-0.4, -0.2) is 29.9 Å². The first-order chi connectivity index (χ1) is 3.41. The number of rotatable bonds is 3. The Bertz CT molecular complexity index is 50.0. The molecule has 0 N–H and O–H groups in total. The molecule has 42 valence electrons. The van der Waals surface area contributed by atoms with E-state index in [0.717, 1.165) is 29.9 Å². The molecule has 0 aliphatic carbocycles. The molecule has 0 unspecified atom stereocenters. The molecule has 0 fully saturated rings. The fourth-order valence-corrected chi connectivity index (χ4v) is 2.06. The van der Waals surface area contributed by atoms with Crippen LogP contribution in [0.15, 0.2) is 11.1 Å². The molecule has 0 amide bonds. The van der Waals surface area contributed by atoms with Gasteiger partial charge in [-0.05, 0) is 0 Å². The van der Waals surface area contributed by atoms with Gasteiger partial charge in [0, 0.05) is 0 Å². The van der Waals surface area contributed by atoms with Crippen molar-refractivity contribution >= 4 is 29.9 Å². The van der Waals surface area contributed by atoms with Gasteiger partial charge in [0.15, 0.2) is 0 Å². The summed E-state index contributed by atoms with van der Waals surface area (Å²) in [4.78, 5) is 2.29. The van der Waals surface area contributed by atoms with E-state index in [9.17, 15) is 0 Å². The molecule has 0 atom stereocenters. The van der Waals surface area contributed by atoms with Gasteiger partial charge in [0.2, 0.25) is 0 Å². The molecule has 0 aromatic rings. The van der Waals surface area contributed by atoms with Gasteiger partial charge >= 0.3 is 57.9 Å². The Kier molecular flexibility index (Phi) is 7.53. The molecule has 0 nitrogen and oxygen atoms in total. The van der Waals surface area contributed by atoms with Crippen LogP contribution in [0.3, 0.4) is 0 Å². The number of hydrogen-bond donors (Lipinski definition) is 0. The third-order valence-corrected chi connectivity index (χ3v) is 2.57. The Hall–Kier alpha value is 0.779. The van der Waals surface area contributed by atoms with Crippen LogP contribution in [0.4, 0.5) is 0 Å². The molecule has 0 rings (SSSR count). The Labute approximate surface area is 58.1 Å². The van der Waals surface area contributed by atoms with Crippen LogP contribution in [0.2, 0.25) is 17.0 Å². The van der Waals surface area contributed by atoms with E-state index in [1.165, 1.54) is 5.32 Å². The second-order valence-corrected chi connectivity index (χ2v) is 4.53. The molecular formula is C5H10Se2. The summed E-state index contributed by atoms with van der Waals surface area (Å²) in [6, 6.07) is 0. The van der Waals surface area contributed by atoms with E-state index >= 15 is 0 Å². The summed E-state index contributed by atoms with van der Waals surface area (Å²) in [6.45, 7) is 0. The standard InChI is InChI=1S/C5H10Se2/c1-6-4-3-5-7-2/h3-4H,5H2,1-2H3. The normalized spacial score (nSPS) is 10.6. The number of allylic oxidation sites excluding steroid dienone is 1. The van der Waals surface area contributed by atoms with Crippen molar-refractivity contribution in [2.75, 3.05) is 0 Å². The Morgan fingerprint density at radius 3 is 2.57 bits per heavy atom. The van der Waals surface area contributed by atoms with Crippen molar-refractivity contribution in [3.05, 3.63) is 11.1 Å². The van der Waals surface area contributed by atoms with Crippen LogP contribution < -0.4 is 0 Å². The maximum atomic E-state index is 2.29. The molecule has 0 spiro atoms. The Morgan fingerprint density at radius 2 is 2.14 bits per heavy atom. The van der Waals surface area contributed by atoms with Crippen molar-refractivity contribution in [2.24, 2.45) is 0 Å². The van der Waals surface area contributed by atoms with Crippen molar-refractivity contribution in [2.45, 2.75) is 17.0 Å². The van der Waals surface area contributed by atoms with Gasteiger partial charge in [0.25, 0.3) is 0 Å². The molecule has 0 aliphatic rings. The van der Waals surface area contributed by atoms with Crippen LogP contribution in [0.5, 0.6) is 0 Å². The first-order valence-electron chi connectivity index (χ1n) is 2.08. The first kappa shape index (κ1) is 7.78. The van der Waals surface area contributed by atoms with Crippen molar-refractivity contribution < 1.29 is 0 Å². The molecule has 0 bridgehead atoms. The van der Waals surface area contributed by atoms with Gasteiger partial charge < -0.3 is 0 Å². The Morgan fingerprint density at radius 1 is 1.43 bits per heavy atom. The molecule has 2 heteroatoms. The van der Waals surface area contributed by atoms with Crippen LogP contribution in [0.1, 0.15) is 0 Å². The van der Waals surface area contributed by atoms with Crippen LogP contribution in [0.25, 0.3) is 0 Å². The number of hydrogen-bond acceptors (Lipinski definition) is 0. The van der Waals surface area contributed by atoms with E-state index in [-0.39, 0.29) is 0 Å². The van der Waals surface area contributed by atoms with Crippen LogP contribution >= 0.6 is 0 Å². The van der Waals surface area contributed by atoms with Gasteiger partial charge in [0.1, 0.15) is 0 Å². The predicted molar refractivity (Wildman–Crippen MR) is 37.2 cm³/mol. The first-order valence-corrected chi connectivity index (χ1v) is 7.71. The summed E-state index contributed by atoms with van der Waals surface area (Å²) in [6.07, 6.45) is 2.29. The van der Waals surface area contributed by atoms with Crippen molar-refractivity contribution in [1.29, 1.82) is 0 Å². The van der Waals surface area contributed by atoms with E-state index in [4.69, 9.17) is 0 Å². The quantitative estimate of drug-likeness (QED) is 0.641. The molecular weight excluding hydrogens is 218 g/mol. The zero-order valence-electron chi connectivity index (χ0n) is 4.68. The SMILES string of the molecule is C[Se]C=CC[Se]C. The van der Waals surface area contributed by atoms with Crippen LogP contribution in [0, 0.1) is 0 Å². The van der Waals surface area contributed by atoms with Crippen molar-refractivity contribution in [1.82, 2.24) is 0 Å². The van der Waals surface area contributed by atoms with Gasteiger partial charge in [-0.3, -0.25) is 0 Å². The summed E-state index contributed by atoms with van der Waals surface area (Å²) in [5.41, 5.74) is 0. The maximum absolute atomic E-state index is 2.29. The minimum absolute atomic E-state index is 0.755. The van der Waals surface area contributed by atoms with Crippen molar-refractivity contribution in [3.63, 3.8) is 0 Å². The molecule has 0 saturated heterocycles. The van der Waals surface area contributed by atoms with Crippen LogP contribution in [-0.2, 0) is 0 Å². The molecule has 7 heavy (non-hydrogen) atoms. The summed E-state index contributed by atoms with van der Waals surface area (Å²) >= 11 is 1.60. The molecule has 0 aromatic carbocycles. The van der Waals surface area contributed by atoms with E-state index in [1.807, 2.05) is 0 Å². The second-order valence-electron chi connectivity index (χ2n) is 1.06.